The van der Waals surface area contributed by atoms with E-state index in [4.69, 9.17) is 0 Å². The van der Waals surface area contributed by atoms with E-state index in [1.54, 1.807) is 4.68 Å². The Morgan fingerprint density at radius 2 is 1.69 bits per heavy atom. The first kappa shape index (κ1) is 16.8. The van der Waals surface area contributed by atoms with E-state index < -0.39 is 11.6 Å². The van der Waals surface area contributed by atoms with Crippen molar-refractivity contribution in [2.45, 2.75) is 13.0 Å². The molecule has 0 unspecified atom stereocenters. The van der Waals surface area contributed by atoms with E-state index in [9.17, 15) is 8.78 Å². The second-order valence-electron chi connectivity index (χ2n) is 6.84. The molecule has 26 heavy (non-hydrogen) atoms. The third-order valence-electron chi connectivity index (χ3n) is 4.95. The quantitative estimate of drug-likeness (QED) is 0.704. The molecular weight excluding hydrogens is 334 g/mol. The summed E-state index contributed by atoms with van der Waals surface area (Å²) in [5.41, 5.74) is 3.17. The van der Waals surface area contributed by atoms with Gasteiger partial charge in [0.15, 0.2) is 0 Å². The zero-order valence-corrected chi connectivity index (χ0v) is 14.6. The lowest BCUT2D eigenvalue weighted by atomic mass is 9.91. The van der Waals surface area contributed by atoms with Gasteiger partial charge in [-0.2, -0.15) is 0 Å². The van der Waals surface area contributed by atoms with Crippen LogP contribution in [-0.2, 0) is 20.0 Å². The van der Waals surface area contributed by atoms with Gasteiger partial charge in [-0.1, -0.05) is 41.6 Å². The third-order valence-corrected chi connectivity index (χ3v) is 4.95. The Morgan fingerprint density at radius 1 is 1.00 bits per heavy atom. The van der Waals surface area contributed by atoms with Crippen LogP contribution >= 0.6 is 0 Å². The van der Waals surface area contributed by atoms with Gasteiger partial charge in [0.05, 0.1) is 5.69 Å². The maximum Gasteiger partial charge on any atom is 0.129 e. The molecule has 1 aliphatic rings. The van der Waals surface area contributed by atoms with Crippen LogP contribution in [-0.4, -0.2) is 33.0 Å². The Kier molecular flexibility index (Phi) is 4.51. The van der Waals surface area contributed by atoms with Crippen LogP contribution in [0.1, 0.15) is 11.3 Å². The lowest BCUT2D eigenvalue weighted by Gasteiger charge is -2.39. The number of benzene rings is 2. The summed E-state index contributed by atoms with van der Waals surface area (Å²) in [5.74, 6) is -0.640. The van der Waals surface area contributed by atoms with Gasteiger partial charge in [-0.25, -0.2) is 8.78 Å². The first-order valence-electron chi connectivity index (χ1n) is 8.71. The molecule has 1 aromatic heterocycles. The van der Waals surface area contributed by atoms with E-state index in [1.807, 2.05) is 37.4 Å². The monoisotopic (exact) mass is 354 g/mol. The van der Waals surface area contributed by atoms with Crippen molar-refractivity contribution >= 4 is 0 Å². The standard InChI is InChI=1S/C20H20F2N4/c1-25-19(20(23-24-25)15-6-3-2-4-7-15)13-26-11-14(12-26)10-16-17(21)8-5-9-18(16)22/h2-9,14H,10-13H2,1H3. The summed E-state index contributed by atoms with van der Waals surface area (Å²) in [6.07, 6.45) is 0.435. The summed E-state index contributed by atoms with van der Waals surface area (Å²) < 4.78 is 29.4. The van der Waals surface area contributed by atoms with E-state index in [1.165, 1.54) is 18.2 Å². The predicted octanol–water partition coefficient (Wildman–Crippen LogP) is 3.43. The van der Waals surface area contributed by atoms with Gasteiger partial charge in [-0.15, -0.1) is 5.10 Å². The Balaban J connectivity index is 1.42. The van der Waals surface area contributed by atoms with Gasteiger partial charge >= 0.3 is 0 Å². The van der Waals surface area contributed by atoms with Gasteiger partial charge < -0.3 is 0 Å². The highest BCUT2D eigenvalue weighted by Gasteiger charge is 2.30. The highest BCUT2D eigenvalue weighted by Crippen LogP contribution is 2.27. The van der Waals surface area contributed by atoms with E-state index in [0.717, 1.165) is 36.6 Å². The van der Waals surface area contributed by atoms with E-state index in [-0.39, 0.29) is 11.5 Å². The van der Waals surface area contributed by atoms with Crippen molar-refractivity contribution in [3.63, 3.8) is 0 Å². The lowest BCUT2D eigenvalue weighted by Crippen LogP contribution is -2.47. The van der Waals surface area contributed by atoms with Crippen LogP contribution in [0.3, 0.4) is 0 Å². The molecule has 0 amide bonds. The minimum atomic E-state index is -0.453. The summed E-state index contributed by atoms with van der Waals surface area (Å²) in [6, 6.07) is 14.0. The van der Waals surface area contributed by atoms with Crippen LogP contribution in [0, 0.1) is 17.6 Å². The molecule has 0 bridgehead atoms. The number of aromatic nitrogens is 3. The number of likely N-dealkylation sites (tertiary alicyclic amines) is 1. The first-order valence-corrected chi connectivity index (χ1v) is 8.71. The fourth-order valence-electron chi connectivity index (χ4n) is 3.54. The van der Waals surface area contributed by atoms with Crippen LogP contribution in [0.15, 0.2) is 48.5 Å². The van der Waals surface area contributed by atoms with Crippen LogP contribution < -0.4 is 0 Å². The fraction of sp³-hybridized carbons (Fsp3) is 0.300. The van der Waals surface area contributed by atoms with Crippen molar-refractivity contribution in [3.05, 3.63) is 71.4 Å². The number of rotatable bonds is 5. The second kappa shape index (κ2) is 6.96. The zero-order chi connectivity index (χ0) is 18.1. The molecule has 1 saturated heterocycles. The van der Waals surface area contributed by atoms with Crippen molar-refractivity contribution in [3.8, 4) is 11.3 Å². The molecule has 1 aliphatic heterocycles. The van der Waals surface area contributed by atoms with Gasteiger partial charge in [0.1, 0.15) is 17.3 Å². The lowest BCUT2D eigenvalue weighted by molar-refractivity contribution is 0.0888. The predicted molar refractivity (Wildman–Crippen MR) is 95.3 cm³/mol. The van der Waals surface area contributed by atoms with Gasteiger partial charge in [-0.05, 0) is 24.5 Å². The summed E-state index contributed by atoms with van der Waals surface area (Å²) in [5, 5.41) is 8.45. The van der Waals surface area contributed by atoms with Gasteiger partial charge in [-0.3, -0.25) is 9.58 Å². The topological polar surface area (TPSA) is 34.0 Å². The highest BCUT2D eigenvalue weighted by atomic mass is 19.1. The summed E-state index contributed by atoms with van der Waals surface area (Å²) in [4.78, 5) is 2.26. The maximum atomic E-state index is 13.8. The van der Waals surface area contributed by atoms with Crippen LogP contribution in [0.25, 0.3) is 11.3 Å². The number of hydrogen-bond acceptors (Lipinski definition) is 3. The van der Waals surface area contributed by atoms with Crippen molar-refractivity contribution in [2.24, 2.45) is 13.0 Å². The Bertz CT molecular complexity index is 881. The SMILES string of the molecule is Cn1nnc(-c2ccccc2)c1CN1CC(Cc2c(F)cccc2F)C1. The molecule has 6 heteroatoms. The van der Waals surface area contributed by atoms with Gasteiger partial charge in [0.2, 0.25) is 0 Å². The average Bonchev–Trinajstić information content (AvgIpc) is 2.97. The molecule has 0 aliphatic carbocycles. The number of halogens is 2. The second-order valence-corrected chi connectivity index (χ2v) is 6.84. The van der Waals surface area contributed by atoms with Gasteiger partial charge in [0, 0.05) is 37.8 Å². The average molecular weight is 354 g/mol. The Morgan fingerprint density at radius 3 is 2.38 bits per heavy atom. The smallest absolute Gasteiger partial charge is 0.129 e. The normalized spacial score (nSPS) is 15.2. The molecular formula is C20H20F2N4. The number of hydrogen-bond donors (Lipinski definition) is 0. The molecule has 4 nitrogen and oxygen atoms in total. The fourth-order valence-corrected chi connectivity index (χ4v) is 3.54. The van der Waals surface area contributed by atoms with Crippen molar-refractivity contribution < 1.29 is 8.78 Å². The third kappa shape index (κ3) is 3.24. The molecule has 2 aromatic carbocycles. The molecule has 0 saturated carbocycles. The molecule has 4 rings (SSSR count). The van der Waals surface area contributed by atoms with E-state index in [0.29, 0.717) is 6.42 Å². The highest BCUT2D eigenvalue weighted by molar-refractivity contribution is 5.61. The largest absolute Gasteiger partial charge is 0.297 e. The number of aryl methyl sites for hydroxylation is 1. The van der Waals surface area contributed by atoms with E-state index in [2.05, 4.69) is 15.2 Å². The number of nitrogens with zero attached hydrogens (tertiary/aromatic N) is 4. The molecule has 0 spiro atoms. The Labute approximate surface area is 151 Å². The molecule has 134 valence electrons. The molecule has 0 radical (unpaired) electrons. The van der Waals surface area contributed by atoms with Crippen LogP contribution in [0.2, 0.25) is 0 Å². The molecule has 0 N–H and O–H groups in total. The molecule has 2 heterocycles. The minimum absolute atomic E-state index is 0.198. The van der Waals surface area contributed by atoms with E-state index >= 15 is 0 Å². The minimum Gasteiger partial charge on any atom is -0.297 e. The molecule has 0 atom stereocenters. The van der Waals surface area contributed by atoms with Gasteiger partial charge in [0.25, 0.3) is 0 Å². The van der Waals surface area contributed by atoms with Crippen molar-refractivity contribution in [1.82, 2.24) is 19.9 Å². The summed E-state index contributed by atoms with van der Waals surface area (Å²) in [7, 11) is 1.89. The molecule has 3 aromatic rings. The first-order chi connectivity index (χ1) is 12.6. The zero-order valence-electron chi connectivity index (χ0n) is 14.6. The van der Waals surface area contributed by atoms with Crippen molar-refractivity contribution in [2.75, 3.05) is 13.1 Å². The Hall–Kier alpha value is -2.60. The maximum absolute atomic E-state index is 13.8. The summed E-state index contributed by atoms with van der Waals surface area (Å²) >= 11 is 0. The van der Waals surface area contributed by atoms with Crippen molar-refractivity contribution in [1.29, 1.82) is 0 Å². The molecule has 1 fully saturated rings. The van der Waals surface area contributed by atoms with Crippen LogP contribution in [0.4, 0.5) is 8.78 Å². The van der Waals surface area contributed by atoms with Crippen LogP contribution in [0.5, 0.6) is 0 Å². The summed E-state index contributed by atoms with van der Waals surface area (Å²) in [6.45, 7) is 2.35.